The third-order valence-corrected chi connectivity index (χ3v) is 4.74. The molecule has 2 aliphatic rings. The Morgan fingerprint density at radius 2 is 1.23 bits per heavy atom. The van der Waals surface area contributed by atoms with Gasteiger partial charge < -0.3 is 0 Å². The molecule has 0 bridgehead atoms. The normalized spacial score (nSPS) is 19.5. The number of nitrogens with two attached hydrogens (primary N) is 1. The smallest absolute Gasteiger partial charge is 0.0614 e. The van der Waals surface area contributed by atoms with Crippen molar-refractivity contribution in [3.63, 3.8) is 0 Å². The van der Waals surface area contributed by atoms with Gasteiger partial charge in [0.25, 0.3) is 0 Å². The number of hydrogen-bond donors (Lipinski definition) is 1. The van der Waals surface area contributed by atoms with Crippen molar-refractivity contribution in [2.75, 3.05) is 26.2 Å². The first-order valence-electron chi connectivity index (χ1n) is 7.92. The summed E-state index contributed by atoms with van der Waals surface area (Å²) in [6.45, 7) is 3.86. The van der Waals surface area contributed by atoms with E-state index >= 15 is 0 Å². The quantitative estimate of drug-likeness (QED) is 0.820. The van der Waals surface area contributed by atoms with Crippen molar-refractivity contribution in [2.45, 2.75) is 6.04 Å². The van der Waals surface area contributed by atoms with E-state index in [0.717, 1.165) is 26.2 Å². The lowest BCUT2D eigenvalue weighted by Crippen LogP contribution is -2.50. The van der Waals surface area contributed by atoms with E-state index in [1.54, 1.807) is 0 Å². The number of hydrogen-bond acceptors (Lipinski definition) is 3. The summed E-state index contributed by atoms with van der Waals surface area (Å²) in [5.74, 6) is 5.94. The molecule has 1 fully saturated rings. The van der Waals surface area contributed by atoms with E-state index < -0.39 is 0 Å². The minimum atomic E-state index is 0.316. The highest BCUT2D eigenvalue weighted by Gasteiger charge is 2.28. The lowest BCUT2D eigenvalue weighted by Gasteiger charge is -2.38. The molecule has 0 atom stereocenters. The zero-order valence-electron chi connectivity index (χ0n) is 12.7. The minimum absolute atomic E-state index is 0.316. The number of benzene rings is 2. The average Bonchev–Trinajstić information content (AvgIpc) is 2.73. The van der Waals surface area contributed by atoms with E-state index in [2.05, 4.69) is 65.6 Å². The molecule has 0 amide bonds. The topological polar surface area (TPSA) is 32.5 Å². The molecule has 3 nitrogen and oxygen atoms in total. The summed E-state index contributed by atoms with van der Waals surface area (Å²) in [6.07, 6.45) is 4.49. The van der Waals surface area contributed by atoms with Crippen molar-refractivity contribution in [1.82, 2.24) is 9.91 Å². The standard InChI is InChI=1S/C19H21N3/c20-22-13-11-21(12-14-22)19-17-7-3-1-5-15(17)9-10-16-6-2-4-8-18(16)19/h1-10,19H,11-14,20H2. The predicted octanol–water partition coefficient (Wildman–Crippen LogP) is 2.75. The zero-order chi connectivity index (χ0) is 14.9. The maximum Gasteiger partial charge on any atom is 0.0614 e. The van der Waals surface area contributed by atoms with E-state index in [1.165, 1.54) is 22.3 Å². The van der Waals surface area contributed by atoms with E-state index in [9.17, 15) is 0 Å². The van der Waals surface area contributed by atoms with Gasteiger partial charge in [-0.1, -0.05) is 60.7 Å². The molecule has 2 aromatic carbocycles. The second-order valence-electron chi connectivity index (χ2n) is 6.07. The molecule has 0 aromatic heterocycles. The molecule has 112 valence electrons. The Morgan fingerprint density at radius 1 is 0.727 bits per heavy atom. The second-order valence-corrected chi connectivity index (χ2v) is 6.07. The first-order chi connectivity index (χ1) is 10.8. The van der Waals surface area contributed by atoms with Crippen LogP contribution >= 0.6 is 0 Å². The SMILES string of the molecule is NN1CCN(C2c3ccccc3C=Cc3ccccc32)CC1. The van der Waals surface area contributed by atoms with Crippen LogP contribution in [0.3, 0.4) is 0 Å². The summed E-state index contributed by atoms with van der Waals surface area (Å²) < 4.78 is 0. The Hall–Kier alpha value is -1.94. The fraction of sp³-hybridized carbons (Fsp3) is 0.263. The molecule has 1 saturated heterocycles. The van der Waals surface area contributed by atoms with Crippen LogP contribution in [0, 0.1) is 0 Å². The van der Waals surface area contributed by atoms with Crippen molar-refractivity contribution < 1.29 is 0 Å². The maximum atomic E-state index is 5.94. The van der Waals surface area contributed by atoms with E-state index in [1.807, 2.05) is 5.01 Å². The number of piperazine rings is 1. The third kappa shape index (κ3) is 2.37. The van der Waals surface area contributed by atoms with Crippen LogP contribution in [0.5, 0.6) is 0 Å². The Balaban J connectivity index is 1.83. The van der Waals surface area contributed by atoms with Crippen molar-refractivity contribution in [3.05, 3.63) is 70.8 Å². The first-order valence-corrected chi connectivity index (χ1v) is 7.92. The highest BCUT2D eigenvalue weighted by Crippen LogP contribution is 2.37. The van der Waals surface area contributed by atoms with Gasteiger partial charge in [-0.15, -0.1) is 0 Å². The Morgan fingerprint density at radius 3 is 1.77 bits per heavy atom. The van der Waals surface area contributed by atoms with Crippen LogP contribution in [0.15, 0.2) is 48.5 Å². The maximum absolute atomic E-state index is 5.94. The van der Waals surface area contributed by atoms with Crippen molar-refractivity contribution in [2.24, 2.45) is 5.84 Å². The van der Waals surface area contributed by atoms with Crippen LogP contribution in [0.2, 0.25) is 0 Å². The molecule has 1 heterocycles. The molecule has 0 spiro atoms. The largest absolute Gasteiger partial charge is 0.290 e. The van der Waals surface area contributed by atoms with Gasteiger partial charge in [0.05, 0.1) is 6.04 Å². The molecule has 22 heavy (non-hydrogen) atoms. The van der Waals surface area contributed by atoms with Gasteiger partial charge in [0.1, 0.15) is 0 Å². The second kappa shape index (κ2) is 5.69. The molecule has 0 unspecified atom stereocenters. The van der Waals surface area contributed by atoms with E-state index in [0.29, 0.717) is 6.04 Å². The number of nitrogens with zero attached hydrogens (tertiary/aromatic N) is 2. The molecule has 1 aliphatic heterocycles. The van der Waals surface area contributed by atoms with Crippen LogP contribution in [0.25, 0.3) is 12.2 Å². The first kappa shape index (κ1) is 13.7. The molecule has 2 aromatic rings. The monoisotopic (exact) mass is 291 g/mol. The van der Waals surface area contributed by atoms with Gasteiger partial charge in [0.2, 0.25) is 0 Å². The number of hydrazine groups is 1. The molecule has 0 saturated carbocycles. The van der Waals surface area contributed by atoms with Gasteiger partial charge in [-0.2, -0.15) is 0 Å². The van der Waals surface area contributed by atoms with Crippen molar-refractivity contribution in [1.29, 1.82) is 0 Å². The van der Waals surface area contributed by atoms with Gasteiger partial charge in [-0.05, 0) is 22.3 Å². The highest BCUT2D eigenvalue weighted by molar-refractivity contribution is 5.76. The molecule has 1 aliphatic carbocycles. The van der Waals surface area contributed by atoms with Crippen LogP contribution in [0.4, 0.5) is 0 Å². The predicted molar refractivity (Wildman–Crippen MR) is 91.0 cm³/mol. The summed E-state index contributed by atoms with van der Waals surface area (Å²) in [7, 11) is 0. The van der Waals surface area contributed by atoms with Crippen LogP contribution in [0.1, 0.15) is 28.3 Å². The average molecular weight is 291 g/mol. The van der Waals surface area contributed by atoms with Crippen LogP contribution in [-0.4, -0.2) is 36.1 Å². The van der Waals surface area contributed by atoms with Gasteiger partial charge in [-0.3, -0.25) is 10.7 Å². The number of fused-ring (bicyclic) bond motifs is 2. The fourth-order valence-corrected chi connectivity index (χ4v) is 3.56. The summed E-state index contributed by atoms with van der Waals surface area (Å²) >= 11 is 0. The summed E-state index contributed by atoms with van der Waals surface area (Å²) in [6, 6.07) is 17.8. The Labute approximate surface area is 131 Å². The minimum Gasteiger partial charge on any atom is -0.290 e. The molecule has 2 N–H and O–H groups in total. The van der Waals surface area contributed by atoms with Gasteiger partial charge >= 0.3 is 0 Å². The lowest BCUT2D eigenvalue weighted by atomic mass is 9.92. The van der Waals surface area contributed by atoms with Crippen LogP contribution in [-0.2, 0) is 0 Å². The van der Waals surface area contributed by atoms with Crippen molar-refractivity contribution >= 4 is 12.2 Å². The lowest BCUT2D eigenvalue weighted by molar-refractivity contribution is 0.110. The third-order valence-electron chi connectivity index (χ3n) is 4.74. The van der Waals surface area contributed by atoms with Gasteiger partial charge in [-0.25, -0.2) is 5.01 Å². The highest BCUT2D eigenvalue weighted by atomic mass is 15.4. The van der Waals surface area contributed by atoms with E-state index in [4.69, 9.17) is 5.84 Å². The van der Waals surface area contributed by atoms with Crippen LogP contribution < -0.4 is 5.84 Å². The Kier molecular flexibility index (Phi) is 3.54. The van der Waals surface area contributed by atoms with Crippen molar-refractivity contribution in [3.8, 4) is 0 Å². The molecule has 0 radical (unpaired) electrons. The van der Waals surface area contributed by atoms with Gasteiger partial charge in [0.15, 0.2) is 0 Å². The summed E-state index contributed by atoms with van der Waals surface area (Å²) in [5, 5.41) is 1.92. The summed E-state index contributed by atoms with van der Waals surface area (Å²) in [5.41, 5.74) is 5.43. The summed E-state index contributed by atoms with van der Waals surface area (Å²) in [4.78, 5) is 2.56. The molecule has 4 rings (SSSR count). The zero-order valence-corrected chi connectivity index (χ0v) is 12.7. The number of rotatable bonds is 1. The fourth-order valence-electron chi connectivity index (χ4n) is 3.56. The van der Waals surface area contributed by atoms with Gasteiger partial charge in [0, 0.05) is 26.2 Å². The molecular weight excluding hydrogens is 270 g/mol. The van der Waals surface area contributed by atoms with E-state index in [-0.39, 0.29) is 0 Å². The molecule has 3 heteroatoms. The molecular formula is C19H21N3. The Bertz CT molecular complexity index is 650.